The van der Waals surface area contributed by atoms with Crippen molar-refractivity contribution >= 4 is 11.6 Å². The molecule has 1 aromatic heterocycles. The lowest BCUT2D eigenvalue weighted by Crippen LogP contribution is -2.16. The van der Waals surface area contributed by atoms with Crippen molar-refractivity contribution in [2.24, 2.45) is 0 Å². The number of anilines is 1. The Labute approximate surface area is 175 Å². The number of hydrogen-bond acceptors (Lipinski definition) is 4. The van der Waals surface area contributed by atoms with Crippen molar-refractivity contribution < 1.29 is 9.53 Å². The molecule has 30 heavy (non-hydrogen) atoms. The minimum absolute atomic E-state index is 0.104. The van der Waals surface area contributed by atoms with Gasteiger partial charge in [0, 0.05) is 11.3 Å². The topological polar surface area (TPSA) is 69.0 Å². The molecule has 1 N–H and O–H groups in total. The molecule has 4 aromatic rings. The highest BCUT2D eigenvalue weighted by Crippen LogP contribution is 2.25. The molecular weight excluding hydrogens is 376 g/mol. The van der Waals surface area contributed by atoms with Gasteiger partial charge in [-0.25, -0.2) is 9.67 Å². The molecular formula is C24H22N4O2. The number of rotatable bonds is 5. The number of nitrogens with zero attached hydrogens (tertiary/aromatic N) is 3. The molecule has 0 saturated heterocycles. The number of carbonyl (C=O) groups is 1. The second-order valence-corrected chi connectivity index (χ2v) is 6.96. The minimum atomic E-state index is -0.350. The summed E-state index contributed by atoms with van der Waals surface area (Å²) in [6, 6.07) is 23.0. The number of ether oxygens (including phenoxy) is 1. The molecule has 0 radical (unpaired) electrons. The predicted molar refractivity (Wildman–Crippen MR) is 117 cm³/mol. The van der Waals surface area contributed by atoms with Gasteiger partial charge in [0.15, 0.2) is 5.82 Å². The van der Waals surface area contributed by atoms with E-state index in [1.807, 2.05) is 86.6 Å². The summed E-state index contributed by atoms with van der Waals surface area (Å²) >= 11 is 0. The normalized spacial score (nSPS) is 10.6. The molecule has 0 unspecified atom stereocenters. The van der Waals surface area contributed by atoms with Crippen LogP contribution in [0.25, 0.3) is 17.1 Å². The van der Waals surface area contributed by atoms with Gasteiger partial charge in [0.2, 0.25) is 5.82 Å². The summed E-state index contributed by atoms with van der Waals surface area (Å²) < 4.78 is 6.93. The molecule has 6 nitrogen and oxygen atoms in total. The smallest absolute Gasteiger partial charge is 0.295 e. The quantitative estimate of drug-likeness (QED) is 0.524. The third-order valence-corrected chi connectivity index (χ3v) is 4.88. The van der Waals surface area contributed by atoms with E-state index in [0.717, 1.165) is 33.8 Å². The molecule has 0 spiro atoms. The van der Waals surface area contributed by atoms with Crippen LogP contribution in [0.3, 0.4) is 0 Å². The van der Waals surface area contributed by atoms with Gasteiger partial charge < -0.3 is 10.1 Å². The zero-order valence-electron chi connectivity index (χ0n) is 17.1. The third kappa shape index (κ3) is 3.80. The van der Waals surface area contributed by atoms with Gasteiger partial charge in [-0.2, -0.15) is 0 Å². The summed E-state index contributed by atoms with van der Waals surface area (Å²) in [4.78, 5) is 17.5. The fourth-order valence-corrected chi connectivity index (χ4v) is 3.27. The van der Waals surface area contributed by atoms with Crippen molar-refractivity contribution in [1.29, 1.82) is 0 Å². The molecule has 1 amide bonds. The fourth-order valence-electron chi connectivity index (χ4n) is 3.27. The molecule has 0 aliphatic carbocycles. The fraction of sp³-hybridized carbons (Fsp3) is 0.125. The maximum atomic E-state index is 13.0. The maximum absolute atomic E-state index is 13.0. The molecule has 3 aromatic carbocycles. The van der Waals surface area contributed by atoms with E-state index < -0.39 is 0 Å². The molecule has 6 heteroatoms. The molecule has 0 bridgehead atoms. The number of para-hydroxylation sites is 2. The second kappa shape index (κ2) is 8.21. The van der Waals surface area contributed by atoms with Crippen molar-refractivity contribution in [3.05, 3.63) is 89.7 Å². The Balaban J connectivity index is 1.76. The SMILES string of the molecule is COc1ccc(-c2nc(C(=O)Nc3c(C)cccc3C)nn2-c2ccccc2)cc1. The zero-order valence-corrected chi connectivity index (χ0v) is 17.1. The molecule has 4 rings (SSSR count). The Bertz CT molecular complexity index is 1160. The Kier molecular flexibility index (Phi) is 5.30. The number of aryl methyl sites for hydroxylation is 2. The monoisotopic (exact) mass is 398 g/mol. The van der Waals surface area contributed by atoms with Crippen LogP contribution in [0.15, 0.2) is 72.8 Å². The van der Waals surface area contributed by atoms with Crippen LogP contribution in [0.1, 0.15) is 21.7 Å². The first-order valence-corrected chi connectivity index (χ1v) is 9.61. The van der Waals surface area contributed by atoms with Gasteiger partial charge in [-0.15, -0.1) is 5.10 Å². The summed E-state index contributed by atoms with van der Waals surface area (Å²) in [5.41, 5.74) is 4.41. The summed E-state index contributed by atoms with van der Waals surface area (Å²) in [6.45, 7) is 3.92. The lowest BCUT2D eigenvalue weighted by Gasteiger charge is -2.09. The van der Waals surface area contributed by atoms with E-state index in [1.165, 1.54) is 0 Å². The van der Waals surface area contributed by atoms with Gasteiger partial charge in [0.1, 0.15) is 5.75 Å². The average Bonchev–Trinajstić information content (AvgIpc) is 3.23. The minimum Gasteiger partial charge on any atom is -0.497 e. The standard InChI is InChI=1S/C24H22N4O2/c1-16-8-7-9-17(2)21(16)25-24(29)22-26-23(18-12-14-20(30-3)15-13-18)28(27-22)19-10-5-4-6-11-19/h4-15H,1-3H3,(H,25,29). The van der Waals surface area contributed by atoms with Crippen molar-refractivity contribution in [2.75, 3.05) is 12.4 Å². The third-order valence-electron chi connectivity index (χ3n) is 4.88. The van der Waals surface area contributed by atoms with E-state index >= 15 is 0 Å². The Hall–Kier alpha value is -3.93. The summed E-state index contributed by atoms with van der Waals surface area (Å²) in [5, 5.41) is 7.48. The predicted octanol–water partition coefficient (Wildman–Crippen LogP) is 4.81. The van der Waals surface area contributed by atoms with Crippen LogP contribution in [0.2, 0.25) is 0 Å². The van der Waals surface area contributed by atoms with Crippen molar-refractivity contribution in [2.45, 2.75) is 13.8 Å². The molecule has 0 aliphatic heterocycles. The first-order chi connectivity index (χ1) is 14.6. The van der Waals surface area contributed by atoms with Gasteiger partial charge in [0.05, 0.1) is 12.8 Å². The Morgan fingerprint density at radius 3 is 2.20 bits per heavy atom. The Morgan fingerprint density at radius 2 is 1.57 bits per heavy atom. The summed E-state index contributed by atoms with van der Waals surface area (Å²) in [7, 11) is 1.62. The first kappa shape index (κ1) is 19.4. The van der Waals surface area contributed by atoms with E-state index in [0.29, 0.717) is 5.82 Å². The van der Waals surface area contributed by atoms with Crippen LogP contribution in [-0.2, 0) is 0 Å². The van der Waals surface area contributed by atoms with Crippen LogP contribution in [0, 0.1) is 13.8 Å². The highest BCUT2D eigenvalue weighted by atomic mass is 16.5. The summed E-state index contributed by atoms with van der Waals surface area (Å²) in [6.07, 6.45) is 0. The summed E-state index contributed by atoms with van der Waals surface area (Å²) in [5.74, 6) is 1.08. The average molecular weight is 398 g/mol. The second-order valence-electron chi connectivity index (χ2n) is 6.96. The molecule has 150 valence electrons. The Morgan fingerprint density at radius 1 is 0.900 bits per heavy atom. The van der Waals surface area contributed by atoms with Gasteiger partial charge in [-0.05, 0) is 61.4 Å². The number of nitrogens with one attached hydrogen (secondary N) is 1. The first-order valence-electron chi connectivity index (χ1n) is 9.61. The van der Waals surface area contributed by atoms with E-state index in [4.69, 9.17) is 4.74 Å². The van der Waals surface area contributed by atoms with Gasteiger partial charge in [-0.1, -0.05) is 36.4 Å². The maximum Gasteiger partial charge on any atom is 0.295 e. The van der Waals surface area contributed by atoms with E-state index in [2.05, 4.69) is 15.4 Å². The van der Waals surface area contributed by atoms with Gasteiger partial charge in [0.25, 0.3) is 5.91 Å². The number of carbonyl (C=O) groups excluding carboxylic acids is 1. The number of methoxy groups -OCH3 is 1. The van der Waals surface area contributed by atoms with E-state index in [9.17, 15) is 4.79 Å². The highest BCUT2D eigenvalue weighted by Gasteiger charge is 2.20. The van der Waals surface area contributed by atoms with E-state index in [-0.39, 0.29) is 11.7 Å². The lowest BCUT2D eigenvalue weighted by molar-refractivity contribution is 0.101. The molecule has 1 heterocycles. The largest absolute Gasteiger partial charge is 0.497 e. The van der Waals surface area contributed by atoms with Gasteiger partial charge >= 0.3 is 0 Å². The molecule has 0 aliphatic rings. The molecule has 0 fully saturated rings. The van der Waals surface area contributed by atoms with Gasteiger partial charge in [-0.3, -0.25) is 4.79 Å². The molecule has 0 atom stereocenters. The number of amides is 1. The number of benzene rings is 3. The number of hydrogen-bond donors (Lipinski definition) is 1. The van der Waals surface area contributed by atoms with Crippen LogP contribution < -0.4 is 10.1 Å². The van der Waals surface area contributed by atoms with E-state index in [1.54, 1.807) is 11.8 Å². The van der Waals surface area contributed by atoms with Crippen LogP contribution >= 0.6 is 0 Å². The zero-order chi connectivity index (χ0) is 21.1. The van der Waals surface area contributed by atoms with Crippen molar-refractivity contribution in [1.82, 2.24) is 14.8 Å². The van der Waals surface area contributed by atoms with Crippen molar-refractivity contribution in [3.8, 4) is 22.8 Å². The lowest BCUT2D eigenvalue weighted by atomic mass is 10.1. The number of aromatic nitrogens is 3. The highest BCUT2D eigenvalue weighted by molar-refractivity contribution is 6.02. The van der Waals surface area contributed by atoms with Crippen LogP contribution in [0.5, 0.6) is 5.75 Å². The van der Waals surface area contributed by atoms with Crippen molar-refractivity contribution in [3.63, 3.8) is 0 Å². The van der Waals surface area contributed by atoms with Crippen LogP contribution in [-0.4, -0.2) is 27.8 Å². The van der Waals surface area contributed by atoms with Crippen LogP contribution in [0.4, 0.5) is 5.69 Å². The molecule has 0 saturated carbocycles.